The fourth-order valence-corrected chi connectivity index (χ4v) is 4.99. The van der Waals surface area contributed by atoms with Gasteiger partial charge in [-0.3, -0.25) is 14.2 Å². The lowest BCUT2D eigenvalue weighted by molar-refractivity contribution is -0.140. The standard InChI is InChI=1S/C19H26N2O3S/c1-4-6-15-20-18-17(13-9-8-12(2)11-14(13)25-18)19(23)21(15)10-5-7-16(22)24-3/h12H,4-11H2,1-3H3. The van der Waals surface area contributed by atoms with E-state index in [-0.39, 0.29) is 11.5 Å². The molecule has 0 spiro atoms. The molecule has 1 aliphatic rings. The maximum Gasteiger partial charge on any atom is 0.305 e. The average molecular weight is 362 g/mol. The molecule has 0 amide bonds. The number of nitrogens with zero attached hydrogens (tertiary/aromatic N) is 2. The van der Waals surface area contributed by atoms with Gasteiger partial charge in [0.15, 0.2) is 0 Å². The first-order valence-electron chi connectivity index (χ1n) is 9.15. The Balaban J connectivity index is 2.01. The third kappa shape index (κ3) is 3.64. The van der Waals surface area contributed by atoms with Crippen molar-refractivity contribution in [3.63, 3.8) is 0 Å². The van der Waals surface area contributed by atoms with Crippen molar-refractivity contribution in [2.75, 3.05) is 7.11 Å². The minimum absolute atomic E-state index is 0.0744. The second kappa shape index (κ2) is 7.68. The number of hydrogen-bond donors (Lipinski definition) is 0. The van der Waals surface area contributed by atoms with Crippen LogP contribution in [0.25, 0.3) is 10.2 Å². The highest BCUT2D eigenvalue weighted by Gasteiger charge is 2.24. The van der Waals surface area contributed by atoms with Crippen molar-refractivity contribution in [3.05, 3.63) is 26.6 Å². The zero-order chi connectivity index (χ0) is 18.0. The molecule has 2 aromatic rings. The Morgan fingerprint density at radius 1 is 1.44 bits per heavy atom. The highest BCUT2D eigenvalue weighted by Crippen LogP contribution is 2.35. The zero-order valence-electron chi connectivity index (χ0n) is 15.3. The van der Waals surface area contributed by atoms with Crippen LogP contribution < -0.4 is 5.56 Å². The number of carbonyl (C=O) groups is 1. The van der Waals surface area contributed by atoms with Gasteiger partial charge >= 0.3 is 5.97 Å². The molecule has 0 aliphatic heterocycles. The number of hydrogen-bond acceptors (Lipinski definition) is 5. The lowest BCUT2D eigenvalue weighted by Crippen LogP contribution is -2.26. The van der Waals surface area contributed by atoms with E-state index < -0.39 is 0 Å². The summed E-state index contributed by atoms with van der Waals surface area (Å²) < 4.78 is 6.49. The van der Waals surface area contributed by atoms with Crippen LogP contribution in [0.3, 0.4) is 0 Å². The molecule has 0 radical (unpaired) electrons. The van der Waals surface area contributed by atoms with Crippen molar-refractivity contribution in [1.82, 2.24) is 9.55 Å². The van der Waals surface area contributed by atoms with Crippen LogP contribution in [-0.2, 0) is 35.3 Å². The number of fused-ring (bicyclic) bond motifs is 3. The number of ether oxygens (including phenoxy) is 1. The first kappa shape index (κ1) is 18.1. The number of aryl methyl sites for hydroxylation is 2. The molecule has 1 aliphatic carbocycles. The van der Waals surface area contributed by atoms with Gasteiger partial charge < -0.3 is 4.74 Å². The lowest BCUT2D eigenvalue weighted by Gasteiger charge is -2.17. The molecule has 0 fully saturated rings. The van der Waals surface area contributed by atoms with Crippen molar-refractivity contribution in [2.24, 2.45) is 5.92 Å². The molecule has 25 heavy (non-hydrogen) atoms. The fourth-order valence-electron chi connectivity index (χ4n) is 3.59. The van der Waals surface area contributed by atoms with Crippen LogP contribution in [0.15, 0.2) is 4.79 Å². The molecule has 1 unspecified atom stereocenters. The maximum atomic E-state index is 13.2. The van der Waals surface area contributed by atoms with Gasteiger partial charge in [0.05, 0.1) is 12.5 Å². The van der Waals surface area contributed by atoms with Crippen LogP contribution in [0.5, 0.6) is 0 Å². The molecular formula is C19H26N2O3S. The molecule has 3 rings (SSSR count). The number of carbonyl (C=O) groups excluding carboxylic acids is 1. The molecule has 0 bridgehead atoms. The molecular weight excluding hydrogens is 336 g/mol. The minimum atomic E-state index is -0.235. The Kier molecular flexibility index (Phi) is 5.57. The minimum Gasteiger partial charge on any atom is -0.469 e. The van der Waals surface area contributed by atoms with Crippen LogP contribution in [0.2, 0.25) is 0 Å². The molecule has 0 N–H and O–H groups in total. The van der Waals surface area contributed by atoms with Crippen LogP contribution in [0.1, 0.15) is 55.8 Å². The summed E-state index contributed by atoms with van der Waals surface area (Å²) in [6, 6.07) is 0. The summed E-state index contributed by atoms with van der Waals surface area (Å²) in [6.07, 6.45) is 5.81. The van der Waals surface area contributed by atoms with Gasteiger partial charge in [0.1, 0.15) is 10.7 Å². The summed E-state index contributed by atoms with van der Waals surface area (Å²) in [6.45, 7) is 4.89. The van der Waals surface area contributed by atoms with Gasteiger partial charge in [-0.05, 0) is 43.6 Å². The number of rotatable bonds is 6. The van der Waals surface area contributed by atoms with E-state index in [0.29, 0.717) is 25.3 Å². The highest BCUT2D eigenvalue weighted by molar-refractivity contribution is 7.18. The molecule has 2 aromatic heterocycles. The van der Waals surface area contributed by atoms with E-state index in [9.17, 15) is 9.59 Å². The Bertz CT molecular complexity index is 837. The maximum absolute atomic E-state index is 13.2. The van der Waals surface area contributed by atoms with E-state index >= 15 is 0 Å². The topological polar surface area (TPSA) is 61.2 Å². The predicted octanol–water partition coefficient (Wildman–Crippen LogP) is 3.49. The van der Waals surface area contributed by atoms with Gasteiger partial charge in [-0.25, -0.2) is 4.98 Å². The third-order valence-electron chi connectivity index (χ3n) is 4.96. The van der Waals surface area contributed by atoms with Gasteiger partial charge in [0.2, 0.25) is 0 Å². The summed E-state index contributed by atoms with van der Waals surface area (Å²) in [5.41, 5.74) is 1.30. The first-order chi connectivity index (χ1) is 12.0. The normalized spacial score (nSPS) is 16.8. The molecule has 5 nitrogen and oxygen atoms in total. The van der Waals surface area contributed by atoms with Crippen molar-refractivity contribution in [3.8, 4) is 0 Å². The van der Waals surface area contributed by atoms with Gasteiger partial charge in [-0.15, -0.1) is 11.3 Å². The second-order valence-electron chi connectivity index (χ2n) is 6.95. The number of esters is 1. The molecule has 2 heterocycles. The monoisotopic (exact) mass is 362 g/mol. The smallest absolute Gasteiger partial charge is 0.305 e. The van der Waals surface area contributed by atoms with Gasteiger partial charge in [0.25, 0.3) is 5.56 Å². The van der Waals surface area contributed by atoms with E-state index in [2.05, 4.69) is 13.8 Å². The van der Waals surface area contributed by atoms with Crippen molar-refractivity contribution < 1.29 is 9.53 Å². The van der Waals surface area contributed by atoms with E-state index in [4.69, 9.17) is 9.72 Å². The summed E-state index contributed by atoms with van der Waals surface area (Å²) in [5.74, 6) is 1.29. The summed E-state index contributed by atoms with van der Waals surface area (Å²) in [4.78, 5) is 31.6. The summed E-state index contributed by atoms with van der Waals surface area (Å²) >= 11 is 1.70. The van der Waals surface area contributed by atoms with E-state index in [1.54, 1.807) is 15.9 Å². The molecule has 0 aromatic carbocycles. The molecule has 136 valence electrons. The second-order valence-corrected chi connectivity index (χ2v) is 8.03. The first-order valence-corrected chi connectivity index (χ1v) is 9.97. The third-order valence-corrected chi connectivity index (χ3v) is 6.11. The Labute approximate surface area is 152 Å². The van der Waals surface area contributed by atoms with E-state index in [1.807, 2.05) is 0 Å². The van der Waals surface area contributed by atoms with Gasteiger partial charge in [-0.1, -0.05) is 13.8 Å². The molecule has 0 saturated carbocycles. The van der Waals surface area contributed by atoms with Crippen molar-refractivity contribution >= 4 is 27.5 Å². The SMILES string of the molecule is CCCc1nc2sc3c(c2c(=O)n1CCCC(=O)OC)CCC(C)C3. The zero-order valence-corrected chi connectivity index (χ0v) is 16.1. The van der Waals surface area contributed by atoms with Crippen molar-refractivity contribution in [2.45, 2.75) is 65.3 Å². The summed E-state index contributed by atoms with van der Waals surface area (Å²) in [7, 11) is 1.39. The number of thiophene rings is 1. The van der Waals surface area contributed by atoms with Gasteiger partial charge in [0, 0.05) is 24.3 Å². The largest absolute Gasteiger partial charge is 0.469 e. The van der Waals surface area contributed by atoms with E-state index in [1.165, 1.54) is 17.6 Å². The van der Waals surface area contributed by atoms with Crippen LogP contribution in [0, 0.1) is 5.92 Å². The Morgan fingerprint density at radius 2 is 2.24 bits per heavy atom. The Hall–Kier alpha value is -1.69. The average Bonchev–Trinajstić information content (AvgIpc) is 2.94. The quantitative estimate of drug-likeness (QED) is 0.738. The lowest BCUT2D eigenvalue weighted by atomic mass is 9.89. The van der Waals surface area contributed by atoms with Crippen LogP contribution >= 0.6 is 11.3 Å². The molecule has 0 saturated heterocycles. The number of methoxy groups -OCH3 is 1. The fraction of sp³-hybridized carbons (Fsp3) is 0.632. The summed E-state index contributed by atoms with van der Waals surface area (Å²) in [5, 5.41) is 0.824. The highest BCUT2D eigenvalue weighted by atomic mass is 32.1. The van der Waals surface area contributed by atoms with Gasteiger partial charge in [-0.2, -0.15) is 0 Å². The predicted molar refractivity (Wildman–Crippen MR) is 100 cm³/mol. The van der Waals surface area contributed by atoms with Crippen LogP contribution in [0.4, 0.5) is 0 Å². The Morgan fingerprint density at radius 3 is 2.96 bits per heavy atom. The molecule has 1 atom stereocenters. The number of aromatic nitrogens is 2. The van der Waals surface area contributed by atoms with Crippen molar-refractivity contribution in [1.29, 1.82) is 0 Å². The van der Waals surface area contributed by atoms with E-state index in [0.717, 1.165) is 48.1 Å². The van der Waals surface area contributed by atoms with Crippen LogP contribution in [-0.4, -0.2) is 22.6 Å². The molecule has 6 heteroatoms.